The van der Waals surface area contributed by atoms with Gasteiger partial charge in [-0.05, 0) is 35.4 Å². The summed E-state index contributed by atoms with van der Waals surface area (Å²) < 4.78 is 28.9. The fraction of sp³-hybridized carbons (Fsp3) is 0.500. The Morgan fingerprint density at radius 3 is 1.52 bits per heavy atom. The first-order valence-electron chi connectivity index (χ1n) is 10.9. The van der Waals surface area contributed by atoms with Gasteiger partial charge in [-0.25, -0.2) is 0 Å². The molecule has 2 aliphatic rings. The van der Waals surface area contributed by atoms with Crippen molar-refractivity contribution in [3.63, 3.8) is 0 Å². The van der Waals surface area contributed by atoms with E-state index >= 15 is 0 Å². The van der Waals surface area contributed by atoms with Crippen LogP contribution in [0.4, 0.5) is 0 Å². The van der Waals surface area contributed by atoms with Gasteiger partial charge < -0.3 is 34.3 Å². The molecular formula is C24H32N2O5. The van der Waals surface area contributed by atoms with Crippen LogP contribution in [0.3, 0.4) is 0 Å². The van der Waals surface area contributed by atoms with Gasteiger partial charge in [-0.2, -0.15) is 0 Å². The van der Waals surface area contributed by atoms with E-state index in [1.807, 2.05) is 36.4 Å². The minimum absolute atomic E-state index is 0.165. The second kappa shape index (κ2) is 9.77. The number of ether oxygens (including phenoxy) is 5. The topological polar surface area (TPSA) is 70.2 Å². The van der Waals surface area contributed by atoms with Crippen molar-refractivity contribution in [1.82, 2.24) is 10.6 Å². The summed E-state index contributed by atoms with van der Waals surface area (Å²) in [5.74, 6) is 3.06. The third-order valence-electron chi connectivity index (χ3n) is 5.29. The highest BCUT2D eigenvalue weighted by molar-refractivity contribution is 5.46. The lowest BCUT2D eigenvalue weighted by molar-refractivity contribution is -0.0157. The van der Waals surface area contributed by atoms with E-state index in [-0.39, 0.29) is 25.8 Å². The van der Waals surface area contributed by atoms with Gasteiger partial charge in [0.2, 0.25) is 13.6 Å². The molecule has 7 nitrogen and oxygen atoms in total. The van der Waals surface area contributed by atoms with Crippen molar-refractivity contribution in [2.24, 2.45) is 0 Å². The highest BCUT2D eigenvalue weighted by Gasteiger charge is 2.25. The maximum atomic E-state index is 6.73. The summed E-state index contributed by atoms with van der Waals surface area (Å²) in [6.45, 7) is 10.4. The molecule has 2 N–H and O–H groups in total. The van der Waals surface area contributed by atoms with Gasteiger partial charge in [0, 0.05) is 25.2 Å². The van der Waals surface area contributed by atoms with Gasteiger partial charge in [-0.3, -0.25) is 0 Å². The van der Waals surface area contributed by atoms with Gasteiger partial charge in [0.1, 0.15) is 0 Å². The van der Waals surface area contributed by atoms with E-state index in [4.69, 9.17) is 23.7 Å². The molecule has 168 valence electrons. The van der Waals surface area contributed by atoms with Crippen LogP contribution in [0.5, 0.6) is 23.0 Å². The lowest BCUT2D eigenvalue weighted by Crippen LogP contribution is -2.33. The summed E-state index contributed by atoms with van der Waals surface area (Å²) >= 11 is 0. The van der Waals surface area contributed by atoms with Crippen LogP contribution < -0.4 is 29.6 Å². The van der Waals surface area contributed by atoms with Crippen molar-refractivity contribution in [2.45, 2.75) is 52.0 Å². The van der Waals surface area contributed by atoms with Gasteiger partial charge in [-0.1, -0.05) is 39.8 Å². The molecule has 0 fully saturated rings. The standard InChI is InChI=1S/C24H32N2O5/c1-15(2)25-11-23(17-5-7-19-21(9-17)29-13-27-19)31-24(12-26-16(3)4)18-6-8-20-22(10-18)30-14-28-20/h5-10,15-16,23-26H,11-14H2,1-4H3. The molecular weight excluding hydrogens is 396 g/mol. The molecule has 0 radical (unpaired) electrons. The van der Waals surface area contributed by atoms with Crippen molar-refractivity contribution < 1.29 is 23.7 Å². The Labute approximate surface area is 184 Å². The van der Waals surface area contributed by atoms with E-state index in [9.17, 15) is 0 Å². The number of nitrogens with one attached hydrogen (secondary N) is 2. The van der Waals surface area contributed by atoms with Crippen LogP contribution in [0.1, 0.15) is 51.0 Å². The number of fused-ring (bicyclic) bond motifs is 2. The van der Waals surface area contributed by atoms with Crippen LogP contribution in [0, 0.1) is 0 Å². The molecule has 0 bridgehead atoms. The van der Waals surface area contributed by atoms with Crippen molar-refractivity contribution in [1.29, 1.82) is 0 Å². The normalized spacial score (nSPS) is 16.2. The van der Waals surface area contributed by atoms with Gasteiger partial charge in [0.25, 0.3) is 0 Å². The smallest absolute Gasteiger partial charge is 0.231 e. The Morgan fingerprint density at radius 2 is 1.10 bits per heavy atom. The molecule has 0 aromatic heterocycles. The maximum absolute atomic E-state index is 6.73. The second-order valence-corrected chi connectivity index (χ2v) is 8.46. The summed E-state index contributed by atoms with van der Waals surface area (Å²) in [5.41, 5.74) is 2.10. The Kier molecular flexibility index (Phi) is 6.85. The van der Waals surface area contributed by atoms with E-state index in [0.29, 0.717) is 25.2 Å². The maximum Gasteiger partial charge on any atom is 0.231 e. The minimum Gasteiger partial charge on any atom is -0.454 e. The van der Waals surface area contributed by atoms with Gasteiger partial charge in [-0.15, -0.1) is 0 Å². The molecule has 0 saturated carbocycles. The zero-order chi connectivity index (χ0) is 21.8. The third-order valence-corrected chi connectivity index (χ3v) is 5.29. The monoisotopic (exact) mass is 428 g/mol. The van der Waals surface area contributed by atoms with E-state index in [2.05, 4.69) is 38.3 Å². The molecule has 2 unspecified atom stereocenters. The van der Waals surface area contributed by atoms with Crippen molar-refractivity contribution in [3.8, 4) is 23.0 Å². The minimum atomic E-state index is -0.165. The molecule has 4 rings (SSSR count). The lowest BCUT2D eigenvalue weighted by Gasteiger charge is -2.28. The first kappa shape index (κ1) is 21.7. The summed E-state index contributed by atoms with van der Waals surface area (Å²) in [6.07, 6.45) is -0.331. The molecule has 0 saturated heterocycles. The molecule has 0 aliphatic carbocycles. The number of hydrogen-bond donors (Lipinski definition) is 2. The Balaban J connectivity index is 1.59. The summed E-state index contributed by atoms with van der Waals surface area (Å²) in [5, 5.41) is 7.03. The first-order chi connectivity index (χ1) is 15.0. The lowest BCUT2D eigenvalue weighted by atomic mass is 10.0. The molecule has 2 aliphatic heterocycles. The quantitative estimate of drug-likeness (QED) is 0.594. The van der Waals surface area contributed by atoms with Crippen LogP contribution in [0.25, 0.3) is 0 Å². The number of hydrogen-bond acceptors (Lipinski definition) is 7. The predicted molar refractivity (Wildman–Crippen MR) is 118 cm³/mol. The zero-order valence-corrected chi connectivity index (χ0v) is 18.6. The third kappa shape index (κ3) is 5.42. The number of rotatable bonds is 10. The van der Waals surface area contributed by atoms with Crippen LogP contribution in [-0.4, -0.2) is 38.8 Å². The van der Waals surface area contributed by atoms with Gasteiger partial charge >= 0.3 is 0 Å². The summed E-state index contributed by atoms with van der Waals surface area (Å²) in [7, 11) is 0. The first-order valence-corrected chi connectivity index (χ1v) is 10.9. The predicted octanol–water partition coefficient (Wildman–Crippen LogP) is 3.94. The second-order valence-electron chi connectivity index (χ2n) is 8.46. The Morgan fingerprint density at radius 1 is 0.677 bits per heavy atom. The van der Waals surface area contributed by atoms with Gasteiger partial charge in [0.15, 0.2) is 23.0 Å². The average Bonchev–Trinajstić information content (AvgIpc) is 3.41. The van der Waals surface area contributed by atoms with Crippen molar-refractivity contribution >= 4 is 0 Å². The molecule has 7 heteroatoms. The highest BCUT2D eigenvalue weighted by atomic mass is 16.7. The largest absolute Gasteiger partial charge is 0.454 e. The molecule has 2 heterocycles. The van der Waals surface area contributed by atoms with Crippen LogP contribution in [0.2, 0.25) is 0 Å². The zero-order valence-electron chi connectivity index (χ0n) is 18.6. The number of benzene rings is 2. The molecule has 2 atom stereocenters. The van der Waals surface area contributed by atoms with Crippen molar-refractivity contribution in [3.05, 3.63) is 47.5 Å². The molecule has 0 spiro atoms. The van der Waals surface area contributed by atoms with Crippen molar-refractivity contribution in [2.75, 3.05) is 26.7 Å². The fourth-order valence-electron chi connectivity index (χ4n) is 3.60. The SMILES string of the molecule is CC(C)NCC(OC(CNC(C)C)c1ccc2c(c1)OCO2)c1ccc2c(c1)OCO2. The Bertz CT molecular complexity index is 815. The summed E-state index contributed by atoms with van der Waals surface area (Å²) in [6, 6.07) is 12.7. The Hall–Kier alpha value is -2.48. The molecule has 31 heavy (non-hydrogen) atoms. The fourth-order valence-corrected chi connectivity index (χ4v) is 3.60. The van der Waals surface area contributed by atoms with Crippen LogP contribution >= 0.6 is 0 Å². The van der Waals surface area contributed by atoms with E-state index < -0.39 is 0 Å². The highest BCUT2D eigenvalue weighted by Crippen LogP contribution is 2.38. The van der Waals surface area contributed by atoms with Gasteiger partial charge in [0.05, 0.1) is 12.2 Å². The molecule has 2 aromatic carbocycles. The molecule has 0 amide bonds. The van der Waals surface area contributed by atoms with E-state index in [1.54, 1.807) is 0 Å². The van der Waals surface area contributed by atoms with Crippen LogP contribution in [-0.2, 0) is 4.74 Å². The average molecular weight is 429 g/mol. The van der Waals surface area contributed by atoms with E-state index in [1.165, 1.54) is 0 Å². The van der Waals surface area contributed by atoms with E-state index in [0.717, 1.165) is 34.1 Å². The summed E-state index contributed by atoms with van der Waals surface area (Å²) in [4.78, 5) is 0. The molecule has 2 aromatic rings. The van der Waals surface area contributed by atoms with Crippen LogP contribution in [0.15, 0.2) is 36.4 Å².